The minimum Gasteiger partial charge on any atom is -0.353 e. The van der Waals surface area contributed by atoms with Crippen LogP contribution in [0.2, 0.25) is 0 Å². The molecule has 5 rings (SSSR count). The Morgan fingerprint density at radius 2 is 1.91 bits per heavy atom. The van der Waals surface area contributed by atoms with Crippen LogP contribution in [0.25, 0.3) is 27.1 Å². The summed E-state index contributed by atoms with van der Waals surface area (Å²) in [6.45, 7) is 12.2. The summed E-state index contributed by atoms with van der Waals surface area (Å²) in [6.07, 6.45) is 5.40. The predicted octanol–water partition coefficient (Wildman–Crippen LogP) is 4.23. The Balaban J connectivity index is 1.48. The van der Waals surface area contributed by atoms with Crippen molar-refractivity contribution >= 4 is 28.6 Å². The van der Waals surface area contributed by atoms with E-state index in [1.807, 2.05) is 43.3 Å². The van der Waals surface area contributed by atoms with Crippen molar-refractivity contribution < 1.29 is 4.79 Å². The highest BCUT2D eigenvalue weighted by Gasteiger charge is 2.22. The van der Waals surface area contributed by atoms with Crippen LogP contribution < -0.4 is 4.90 Å². The molecule has 0 spiro atoms. The van der Waals surface area contributed by atoms with Gasteiger partial charge in [0.2, 0.25) is 5.91 Å². The minimum absolute atomic E-state index is 0.0114. The summed E-state index contributed by atoms with van der Waals surface area (Å²) in [4.78, 5) is 26.6. The van der Waals surface area contributed by atoms with Crippen LogP contribution in [0, 0.1) is 25.2 Å². The monoisotopic (exact) mass is 483 g/mol. The third-order valence-electron chi connectivity index (χ3n) is 6.21. The second-order valence-corrected chi connectivity index (χ2v) is 9.92. The molecule has 0 atom stereocenters. The van der Waals surface area contributed by atoms with Crippen LogP contribution in [0.4, 0.5) is 5.82 Å². The Morgan fingerprint density at radius 1 is 1.14 bits per heavy atom. The third-order valence-corrected chi connectivity index (χ3v) is 7.33. The number of carbonyl (C=O) groups is 1. The number of aryl methyl sites for hydroxylation is 2. The summed E-state index contributed by atoms with van der Waals surface area (Å²) in [5.74, 6) is 0.878. The molecule has 0 radical (unpaired) electrons. The number of fused-ring (bicyclic) bond motifs is 1. The summed E-state index contributed by atoms with van der Waals surface area (Å²) in [5.41, 5.74) is 5.64. The van der Waals surface area contributed by atoms with Gasteiger partial charge in [-0.3, -0.25) is 4.79 Å². The fourth-order valence-corrected chi connectivity index (χ4v) is 5.39. The number of nitrogens with zero attached hydrogens (tertiary/aromatic N) is 7. The van der Waals surface area contributed by atoms with E-state index in [-0.39, 0.29) is 5.91 Å². The van der Waals surface area contributed by atoms with Crippen LogP contribution in [-0.4, -0.2) is 56.6 Å². The Bertz CT molecular complexity index is 1480. The molecular formula is C26H25N7OS. The lowest BCUT2D eigenvalue weighted by Gasteiger charge is -2.35. The number of nitriles is 1. The van der Waals surface area contributed by atoms with E-state index in [0.717, 1.165) is 56.7 Å². The molecule has 0 unspecified atom stereocenters. The van der Waals surface area contributed by atoms with E-state index in [1.54, 1.807) is 29.0 Å². The Morgan fingerprint density at radius 3 is 2.51 bits per heavy atom. The van der Waals surface area contributed by atoms with E-state index in [9.17, 15) is 10.1 Å². The number of carbonyl (C=O) groups excluding carboxylic acids is 1. The van der Waals surface area contributed by atoms with Crippen molar-refractivity contribution in [2.24, 2.45) is 0 Å². The SMILES string of the molecule is C=C(C)C(=O)N1CCN(c2ccc(-c3cc(-c4sc(C)nc4C)cn4ncc(C#N)c34)cn2)CC1. The van der Waals surface area contributed by atoms with Crippen molar-refractivity contribution in [3.63, 3.8) is 0 Å². The topological polar surface area (TPSA) is 90.4 Å². The maximum Gasteiger partial charge on any atom is 0.249 e. The van der Waals surface area contributed by atoms with Gasteiger partial charge in [-0.25, -0.2) is 14.5 Å². The summed E-state index contributed by atoms with van der Waals surface area (Å²) >= 11 is 1.64. The number of amides is 1. The van der Waals surface area contributed by atoms with Crippen LogP contribution in [0.1, 0.15) is 23.2 Å². The van der Waals surface area contributed by atoms with Gasteiger partial charge in [0.15, 0.2) is 0 Å². The van der Waals surface area contributed by atoms with Gasteiger partial charge in [0, 0.05) is 60.8 Å². The lowest BCUT2D eigenvalue weighted by atomic mass is 10.0. The zero-order valence-electron chi connectivity index (χ0n) is 19.9. The quantitative estimate of drug-likeness (QED) is 0.404. The number of aromatic nitrogens is 4. The molecule has 0 N–H and O–H groups in total. The van der Waals surface area contributed by atoms with Gasteiger partial charge < -0.3 is 9.80 Å². The van der Waals surface area contributed by atoms with Crippen molar-refractivity contribution in [3.8, 4) is 27.6 Å². The Kier molecular flexibility index (Phi) is 5.83. The fraction of sp³-hybridized carbons (Fsp3) is 0.269. The highest BCUT2D eigenvalue weighted by molar-refractivity contribution is 7.15. The predicted molar refractivity (Wildman–Crippen MR) is 137 cm³/mol. The van der Waals surface area contributed by atoms with Crippen molar-refractivity contribution in [2.45, 2.75) is 20.8 Å². The molecule has 1 aliphatic rings. The first-order chi connectivity index (χ1) is 16.9. The maximum atomic E-state index is 12.2. The van der Waals surface area contributed by atoms with E-state index in [1.165, 1.54) is 0 Å². The summed E-state index contributed by atoms with van der Waals surface area (Å²) in [6, 6.07) is 8.39. The molecular weight excluding hydrogens is 458 g/mol. The van der Waals surface area contributed by atoms with E-state index in [0.29, 0.717) is 24.2 Å². The second kappa shape index (κ2) is 8.96. The first-order valence-electron chi connectivity index (χ1n) is 11.4. The van der Waals surface area contributed by atoms with Crippen molar-refractivity contribution in [3.05, 3.63) is 65.2 Å². The summed E-state index contributed by atoms with van der Waals surface area (Å²) in [5, 5.41) is 15.1. The summed E-state index contributed by atoms with van der Waals surface area (Å²) in [7, 11) is 0. The number of piperazine rings is 1. The van der Waals surface area contributed by atoms with Gasteiger partial charge >= 0.3 is 0 Å². The van der Waals surface area contributed by atoms with Crippen LogP contribution in [0.5, 0.6) is 0 Å². The standard InChI is InChI=1S/C26H25N7OS/c1-16(2)26(34)32-9-7-31(8-10-32)23-6-5-19(13-28-23)22-11-20(25-17(3)30-18(4)35-25)15-33-24(22)21(12-27)14-29-33/h5-6,11,13-15H,1,7-10H2,2-4H3. The highest BCUT2D eigenvalue weighted by Crippen LogP contribution is 2.35. The first kappa shape index (κ1) is 22.7. The van der Waals surface area contributed by atoms with Crippen LogP contribution >= 0.6 is 11.3 Å². The second-order valence-electron chi connectivity index (χ2n) is 8.72. The number of thiazole rings is 1. The van der Waals surface area contributed by atoms with Crippen LogP contribution in [-0.2, 0) is 4.79 Å². The Labute approximate surface area is 207 Å². The Hall–Kier alpha value is -4.03. The van der Waals surface area contributed by atoms with Crippen molar-refractivity contribution in [2.75, 3.05) is 31.1 Å². The van der Waals surface area contributed by atoms with Crippen molar-refractivity contribution in [1.82, 2.24) is 24.5 Å². The molecule has 0 bridgehead atoms. The normalized spacial score (nSPS) is 13.8. The number of rotatable bonds is 4. The van der Waals surface area contributed by atoms with Gasteiger partial charge in [-0.15, -0.1) is 11.3 Å². The third kappa shape index (κ3) is 4.17. The summed E-state index contributed by atoms with van der Waals surface area (Å²) < 4.78 is 1.77. The molecule has 35 heavy (non-hydrogen) atoms. The number of hydrogen-bond acceptors (Lipinski definition) is 7. The highest BCUT2D eigenvalue weighted by atomic mass is 32.1. The molecule has 1 amide bonds. The molecule has 4 aromatic rings. The van der Waals surface area contributed by atoms with Crippen LogP contribution in [0.15, 0.2) is 48.9 Å². The van der Waals surface area contributed by atoms with Gasteiger partial charge in [0.25, 0.3) is 0 Å². The lowest BCUT2D eigenvalue weighted by Crippen LogP contribution is -2.49. The van der Waals surface area contributed by atoms with Gasteiger partial charge in [0.1, 0.15) is 11.9 Å². The lowest BCUT2D eigenvalue weighted by molar-refractivity contribution is -0.127. The molecule has 0 saturated carbocycles. The largest absolute Gasteiger partial charge is 0.353 e. The number of pyridine rings is 2. The molecule has 1 saturated heterocycles. The molecule has 4 aromatic heterocycles. The molecule has 0 aliphatic carbocycles. The average molecular weight is 484 g/mol. The molecule has 176 valence electrons. The molecule has 5 heterocycles. The van der Waals surface area contributed by atoms with Gasteiger partial charge in [-0.2, -0.15) is 10.4 Å². The average Bonchev–Trinajstić information content (AvgIpc) is 3.44. The van der Waals surface area contributed by atoms with Gasteiger partial charge in [0.05, 0.1) is 32.9 Å². The molecule has 1 fully saturated rings. The fourth-order valence-electron chi connectivity index (χ4n) is 4.49. The van der Waals surface area contributed by atoms with Gasteiger partial charge in [-0.05, 0) is 39.0 Å². The molecule has 0 aromatic carbocycles. The van der Waals surface area contributed by atoms with E-state index < -0.39 is 0 Å². The number of hydrogen-bond donors (Lipinski definition) is 0. The van der Waals surface area contributed by atoms with E-state index >= 15 is 0 Å². The molecule has 9 heteroatoms. The molecule has 1 aliphatic heterocycles. The zero-order valence-corrected chi connectivity index (χ0v) is 20.8. The van der Waals surface area contributed by atoms with Crippen molar-refractivity contribution in [1.29, 1.82) is 5.26 Å². The van der Waals surface area contributed by atoms with Gasteiger partial charge in [-0.1, -0.05) is 6.58 Å². The zero-order chi connectivity index (χ0) is 24.7. The number of anilines is 1. The molecule has 8 nitrogen and oxygen atoms in total. The van der Waals surface area contributed by atoms with E-state index in [4.69, 9.17) is 4.98 Å². The first-order valence-corrected chi connectivity index (χ1v) is 12.2. The maximum absolute atomic E-state index is 12.2. The smallest absolute Gasteiger partial charge is 0.249 e. The van der Waals surface area contributed by atoms with Crippen LogP contribution in [0.3, 0.4) is 0 Å². The minimum atomic E-state index is 0.0114. The van der Waals surface area contributed by atoms with E-state index in [2.05, 4.69) is 33.7 Å².